The van der Waals surface area contributed by atoms with Gasteiger partial charge < -0.3 is 56.0 Å². The Labute approximate surface area is 467 Å². The minimum absolute atomic E-state index is 0.0376. The number of carbonyl (C=O) groups excluding carboxylic acids is 7. The normalized spacial score (nSPS) is 13.5. The molecule has 0 radical (unpaired) electrons. The highest BCUT2D eigenvalue weighted by Crippen LogP contribution is 2.39. The van der Waals surface area contributed by atoms with Gasteiger partial charge in [-0.15, -0.1) is 0 Å². The Balaban J connectivity index is 0.795. The van der Waals surface area contributed by atoms with Crippen molar-refractivity contribution >= 4 is 47.3 Å². The van der Waals surface area contributed by atoms with E-state index in [4.69, 9.17) is 34.5 Å². The molecule has 2 aliphatic rings. The van der Waals surface area contributed by atoms with Gasteiger partial charge in [-0.05, 0) is 79.1 Å². The number of alkyl carbamates (subject to hydrolysis) is 1. The molecule has 0 saturated heterocycles. The van der Waals surface area contributed by atoms with Crippen molar-refractivity contribution in [1.82, 2.24) is 50.7 Å². The van der Waals surface area contributed by atoms with Crippen LogP contribution in [-0.2, 0) is 73.8 Å². The SMILES string of the molecule is CC(C)[C@H](NC(=O)CCOCCOCCOCCOCCN1C(=O)C=CC1=O)C(=O)N[C@@H](CCCNC(N)=O)C(=O)Nc1ccc(COC(=O)NCCn2cc(-c3cc(-c4c(-c5ccccn5)nn5c4CCC5)ccc3F)cn2)cc1. The number of nitrogens with zero attached hydrogens (tertiary/aromatic N) is 6. The van der Waals surface area contributed by atoms with Gasteiger partial charge in [0.25, 0.3) is 11.8 Å². The Kier molecular flexibility index (Phi) is 22.9. The number of halogens is 1. The molecular formula is C56H69FN12O12. The number of aromatic nitrogens is 5. The second-order valence-electron chi connectivity index (χ2n) is 19.2. The number of imide groups is 1. The van der Waals surface area contributed by atoms with Gasteiger partial charge >= 0.3 is 12.1 Å². The number of urea groups is 1. The topological polar surface area (TPSA) is 304 Å². The number of hydrogen-bond donors (Lipinski definition) is 6. The minimum atomic E-state index is -1.07. The van der Waals surface area contributed by atoms with Gasteiger partial charge in [-0.2, -0.15) is 10.2 Å². The average Bonchev–Trinajstić information content (AvgIpc) is 4.42. The molecule has 25 heteroatoms. The molecule has 24 nitrogen and oxygen atoms in total. The number of benzene rings is 2. The highest BCUT2D eigenvalue weighted by Gasteiger charge is 2.30. The third-order valence-corrected chi connectivity index (χ3v) is 13.0. The van der Waals surface area contributed by atoms with Crippen LogP contribution in [0.4, 0.5) is 19.7 Å². The van der Waals surface area contributed by atoms with Crippen molar-refractivity contribution in [2.45, 2.75) is 77.7 Å². The van der Waals surface area contributed by atoms with E-state index in [1.165, 1.54) is 18.2 Å². The van der Waals surface area contributed by atoms with Crippen LogP contribution in [0.25, 0.3) is 33.6 Å². The van der Waals surface area contributed by atoms with Crippen LogP contribution < -0.4 is 32.3 Å². The summed E-state index contributed by atoms with van der Waals surface area (Å²) in [4.78, 5) is 92.9. The Morgan fingerprint density at radius 3 is 2.20 bits per heavy atom. The van der Waals surface area contributed by atoms with Crippen LogP contribution in [0.15, 0.2) is 91.4 Å². The van der Waals surface area contributed by atoms with Gasteiger partial charge in [-0.1, -0.05) is 38.1 Å². The van der Waals surface area contributed by atoms with Crippen LogP contribution in [0.2, 0.25) is 0 Å². The fourth-order valence-electron chi connectivity index (χ4n) is 8.79. The molecule has 0 bridgehead atoms. The first-order valence-electron chi connectivity index (χ1n) is 26.9. The molecule has 432 valence electrons. The summed E-state index contributed by atoms with van der Waals surface area (Å²) in [5.41, 5.74) is 11.5. The van der Waals surface area contributed by atoms with E-state index in [-0.39, 0.29) is 103 Å². The maximum Gasteiger partial charge on any atom is 0.407 e. The number of carbonyl (C=O) groups is 7. The van der Waals surface area contributed by atoms with Crippen LogP contribution in [0, 0.1) is 11.7 Å². The summed E-state index contributed by atoms with van der Waals surface area (Å²) in [5, 5.41) is 22.7. The lowest BCUT2D eigenvalue weighted by molar-refractivity contribution is -0.137. The summed E-state index contributed by atoms with van der Waals surface area (Å²) < 4.78 is 46.3. The number of primary amides is 1. The summed E-state index contributed by atoms with van der Waals surface area (Å²) in [6.07, 6.45) is 9.00. The Hall–Kier alpha value is -8.39. The first kappa shape index (κ1) is 60.3. The number of nitrogens with two attached hydrogens (primary N) is 1. The van der Waals surface area contributed by atoms with Gasteiger partial charge in [0.15, 0.2) is 0 Å². The van der Waals surface area contributed by atoms with E-state index in [1.807, 2.05) is 28.9 Å². The molecule has 3 aromatic heterocycles. The predicted molar refractivity (Wildman–Crippen MR) is 293 cm³/mol. The maximum atomic E-state index is 15.4. The van der Waals surface area contributed by atoms with Crippen molar-refractivity contribution in [3.8, 4) is 33.6 Å². The highest BCUT2D eigenvalue weighted by atomic mass is 19.1. The molecule has 0 aliphatic carbocycles. The maximum absolute atomic E-state index is 15.4. The average molecular weight is 1120 g/mol. The number of ether oxygens (including phenoxy) is 5. The van der Waals surface area contributed by atoms with Crippen LogP contribution in [0.5, 0.6) is 0 Å². The molecule has 0 unspecified atom stereocenters. The van der Waals surface area contributed by atoms with E-state index < -0.39 is 47.7 Å². The number of nitrogens with one attached hydrogen (secondary N) is 5. The molecule has 2 aromatic carbocycles. The van der Waals surface area contributed by atoms with Crippen molar-refractivity contribution in [3.05, 3.63) is 108 Å². The molecular weight excluding hydrogens is 1050 g/mol. The quantitative estimate of drug-likeness (QED) is 0.0257. The number of anilines is 1. The molecule has 0 saturated carbocycles. The zero-order valence-corrected chi connectivity index (χ0v) is 45.4. The molecule has 2 aliphatic heterocycles. The molecule has 81 heavy (non-hydrogen) atoms. The number of aryl methyl sites for hydroxylation is 1. The van der Waals surface area contributed by atoms with Crippen molar-refractivity contribution in [1.29, 1.82) is 0 Å². The molecule has 0 spiro atoms. The summed E-state index contributed by atoms with van der Waals surface area (Å²) in [7, 11) is 0. The summed E-state index contributed by atoms with van der Waals surface area (Å²) in [6, 6.07) is 14.5. The third kappa shape index (κ3) is 18.3. The highest BCUT2D eigenvalue weighted by molar-refractivity contribution is 6.12. The Morgan fingerprint density at radius 1 is 0.790 bits per heavy atom. The second kappa shape index (κ2) is 30.8. The lowest BCUT2D eigenvalue weighted by Gasteiger charge is -2.25. The number of rotatable bonds is 33. The van der Waals surface area contributed by atoms with Crippen molar-refractivity contribution in [2.75, 3.05) is 77.8 Å². The molecule has 0 fully saturated rings. The van der Waals surface area contributed by atoms with Crippen molar-refractivity contribution in [3.63, 3.8) is 0 Å². The Bertz CT molecular complexity index is 2950. The van der Waals surface area contributed by atoms with Gasteiger partial charge in [0, 0.05) is 78.7 Å². The van der Waals surface area contributed by atoms with Crippen LogP contribution in [0.1, 0.15) is 50.8 Å². The molecule has 8 amide bonds. The lowest BCUT2D eigenvalue weighted by Crippen LogP contribution is -2.54. The third-order valence-electron chi connectivity index (χ3n) is 13.0. The van der Waals surface area contributed by atoms with Gasteiger partial charge in [-0.3, -0.25) is 43.2 Å². The number of fused-ring (bicyclic) bond motifs is 1. The predicted octanol–water partition coefficient (Wildman–Crippen LogP) is 3.88. The summed E-state index contributed by atoms with van der Waals surface area (Å²) in [5.74, 6) is -3.04. The molecule has 5 aromatic rings. The number of pyridine rings is 1. The van der Waals surface area contributed by atoms with Gasteiger partial charge in [-0.25, -0.2) is 14.0 Å². The van der Waals surface area contributed by atoms with E-state index in [9.17, 15) is 33.6 Å². The van der Waals surface area contributed by atoms with E-state index >= 15 is 4.39 Å². The standard InChI is InChI=1S/C56H69FN12O12/c1-37(2)51(65-47(70)18-25-77-27-29-79-31-32-80-30-28-78-26-24-68-48(71)16-17-49(68)72)54(74)64-45(8-5-20-60-55(58)75)53(73)63-41-13-10-38(11-14-41)36-81-56(76)61-21-23-67-35-40(34-62-67)42-33-39(12-15-43(42)57)50-46-9-6-22-69(46)66-52(50)44-7-3-4-19-59-44/h3-4,7,10-17,19,33-35,37,45,51H,5-6,8-9,18,20-32,36H2,1-2H3,(H,61,76)(H,63,73)(H,64,74)(H,65,70)(H3,58,60,75)/t45-,51-/m0/s1. The Morgan fingerprint density at radius 2 is 1.51 bits per heavy atom. The molecule has 7 N–H and O–H groups in total. The molecule has 2 atom stereocenters. The van der Waals surface area contributed by atoms with Crippen molar-refractivity contribution < 1.29 is 61.6 Å². The van der Waals surface area contributed by atoms with Gasteiger partial charge in [0.1, 0.15) is 30.2 Å². The minimum Gasteiger partial charge on any atom is -0.445 e. The molecule has 5 heterocycles. The lowest BCUT2D eigenvalue weighted by atomic mass is 9.96. The molecule has 7 rings (SSSR count). The summed E-state index contributed by atoms with van der Waals surface area (Å²) >= 11 is 0. The van der Waals surface area contributed by atoms with E-state index in [0.717, 1.165) is 52.5 Å². The van der Waals surface area contributed by atoms with E-state index in [1.54, 1.807) is 67.5 Å². The first-order chi connectivity index (χ1) is 39.2. The van der Waals surface area contributed by atoms with E-state index in [2.05, 4.69) is 36.7 Å². The second-order valence-corrected chi connectivity index (χ2v) is 19.2. The van der Waals surface area contributed by atoms with Gasteiger partial charge in [0.2, 0.25) is 17.7 Å². The van der Waals surface area contributed by atoms with Crippen molar-refractivity contribution in [2.24, 2.45) is 11.7 Å². The number of amides is 8. The van der Waals surface area contributed by atoms with E-state index in [0.29, 0.717) is 42.2 Å². The fraction of sp³-hybridized carbons (Fsp3) is 0.429. The smallest absolute Gasteiger partial charge is 0.407 e. The zero-order chi connectivity index (χ0) is 57.5. The monoisotopic (exact) mass is 1120 g/mol. The fourth-order valence-corrected chi connectivity index (χ4v) is 8.79. The summed E-state index contributed by atoms with van der Waals surface area (Å²) in [6.45, 7) is 6.97. The van der Waals surface area contributed by atoms with Gasteiger partial charge in [0.05, 0.1) is 77.8 Å². The first-order valence-corrected chi connectivity index (χ1v) is 26.9. The van der Waals surface area contributed by atoms with Crippen LogP contribution in [-0.4, -0.2) is 156 Å². The van der Waals surface area contributed by atoms with Crippen LogP contribution >= 0.6 is 0 Å². The number of hydrogen-bond acceptors (Lipinski definition) is 15. The largest absolute Gasteiger partial charge is 0.445 e. The van der Waals surface area contributed by atoms with Crippen LogP contribution in [0.3, 0.4) is 0 Å². The zero-order valence-electron chi connectivity index (χ0n) is 45.4.